The molecule has 6 nitrogen and oxygen atoms in total. The van der Waals surface area contributed by atoms with Crippen LogP contribution in [0.2, 0.25) is 0 Å². The number of methoxy groups -OCH3 is 1. The summed E-state index contributed by atoms with van der Waals surface area (Å²) in [7, 11) is 1.29. The van der Waals surface area contributed by atoms with Gasteiger partial charge in [0.15, 0.2) is 0 Å². The average molecular weight is 331 g/mol. The summed E-state index contributed by atoms with van der Waals surface area (Å²) in [6, 6.07) is 4.76. The van der Waals surface area contributed by atoms with Gasteiger partial charge in [0.1, 0.15) is 12.2 Å². The van der Waals surface area contributed by atoms with Crippen molar-refractivity contribution >= 4 is 33.3 Å². The molecule has 7 heteroatoms. The number of benzene rings is 1. The van der Waals surface area contributed by atoms with Crippen LogP contribution >= 0.6 is 15.9 Å². The Morgan fingerprint density at radius 2 is 2.21 bits per heavy atom. The number of nitrogens with zero attached hydrogens (tertiary/aromatic N) is 2. The van der Waals surface area contributed by atoms with Crippen molar-refractivity contribution in [2.45, 2.75) is 13.3 Å². The monoisotopic (exact) mass is 330 g/mol. The Bertz CT molecular complexity index is 479. The Balaban J connectivity index is 3.14. The minimum atomic E-state index is -0.458. The normalized spacial score (nSPS) is 10.1. The van der Waals surface area contributed by atoms with E-state index in [2.05, 4.69) is 20.7 Å². The third kappa shape index (κ3) is 4.20. The molecule has 1 aromatic rings. The fraction of sp³-hybridized carbons (Fsp3) is 0.417. The van der Waals surface area contributed by atoms with E-state index in [-0.39, 0.29) is 12.2 Å². The molecule has 0 unspecified atom stereocenters. The fourth-order valence-electron chi connectivity index (χ4n) is 1.69. The second-order valence-corrected chi connectivity index (χ2v) is 4.80. The first-order chi connectivity index (χ1) is 8.99. The maximum atomic E-state index is 11.4. The smallest absolute Gasteiger partial charge is 0.325 e. The summed E-state index contributed by atoms with van der Waals surface area (Å²) >= 11 is 3.20. The first-order valence-corrected chi connectivity index (χ1v) is 6.54. The molecule has 0 N–H and O–H groups in total. The molecule has 0 fully saturated rings. The molecule has 1 aromatic carbocycles. The predicted octanol–water partition coefficient (Wildman–Crippen LogP) is 2.75. The van der Waals surface area contributed by atoms with Crippen LogP contribution in [0.25, 0.3) is 0 Å². The molecule has 0 heterocycles. The SMILES string of the molecule is CCCN(CC(=O)OC)c1ccc(Br)cc1[N+](=O)[O-]. The quantitative estimate of drug-likeness (QED) is 0.455. The van der Waals surface area contributed by atoms with Crippen LogP contribution in [0.1, 0.15) is 13.3 Å². The van der Waals surface area contributed by atoms with Gasteiger partial charge in [-0.15, -0.1) is 0 Å². The highest BCUT2D eigenvalue weighted by atomic mass is 79.9. The standard InChI is InChI=1S/C12H15BrN2O4/c1-3-6-14(8-12(16)19-2)10-5-4-9(13)7-11(10)15(17)18/h4-5,7H,3,6,8H2,1-2H3. The van der Waals surface area contributed by atoms with Crippen LogP contribution < -0.4 is 4.90 Å². The number of nitro benzene ring substituents is 1. The van der Waals surface area contributed by atoms with Gasteiger partial charge in [-0.05, 0) is 18.6 Å². The largest absolute Gasteiger partial charge is 0.468 e. The Kier molecular flexibility index (Phi) is 5.75. The van der Waals surface area contributed by atoms with Crippen molar-refractivity contribution in [1.82, 2.24) is 0 Å². The average Bonchev–Trinajstić information content (AvgIpc) is 2.38. The lowest BCUT2D eigenvalue weighted by molar-refractivity contribution is -0.384. The number of halogens is 1. The Morgan fingerprint density at radius 3 is 2.74 bits per heavy atom. The minimum absolute atomic E-state index is 0.00713. The molecule has 0 spiro atoms. The van der Waals surface area contributed by atoms with E-state index in [1.54, 1.807) is 17.0 Å². The summed E-state index contributed by atoms with van der Waals surface area (Å²) in [5.41, 5.74) is 0.382. The molecule has 0 amide bonds. The molecule has 1 rings (SSSR count). The topological polar surface area (TPSA) is 72.7 Å². The molecule has 0 saturated carbocycles. The second-order valence-electron chi connectivity index (χ2n) is 3.89. The molecule has 0 aliphatic carbocycles. The van der Waals surface area contributed by atoms with E-state index >= 15 is 0 Å². The van der Waals surface area contributed by atoms with Gasteiger partial charge in [0, 0.05) is 17.1 Å². The summed E-state index contributed by atoms with van der Waals surface area (Å²) in [6.07, 6.45) is 0.768. The Morgan fingerprint density at radius 1 is 1.53 bits per heavy atom. The van der Waals surface area contributed by atoms with Crippen molar-refractivity contribution in [3.8, 4) is 0 Å². The number of nitro groups is 1. The van der Waals surface area contributed by atoms with Gasteiger partial charge < -0.3 is 9.64 Å². The van der Waals surface area contributed by atoms with Crippen LogP contribution in [0, 0.1) is 10.1 Å². The minimum Gasteiger partial charge on any atom is -0.468 e. The van der Waals surface area contributed by atoms with Crippen molar-refractivity contribution in [3.05, 3.63) is 32.8 Å². The van der Waals surface area contributed by atoms with Crippen molar-refractivity contribution in [2.75, 3.05) is 25.1 Å². The van der Waals surface area contributed by atoms with Gasteiger partial charge >= 0.3 is 5.97 Å². The fourth-order valence-corrected chi connectivity index (χ4v) is 2.03. The van der Waals surface area contributed by atoms with Gasteiger partial charge in [0.2, 0.25) is 0 Å². The molecule has 0 bridgehead atoms. The van der Waals surface area contributed by atoms with Crippen molar-refractivity contribution in [2.24, 2.45) is 0 Å². The number of hydrogen-bond donors (Lipinski definition) is 0. The molecular formula is C12H15BrN2O4. The van der Waals surface area contributed by atoms with Crippen molar-refractivity contribution < 1.29 is 14.5 Å². The number of carbonyl (C=O) groups is 1. The molecule has 0 radical (unpaired) electrons. The van der Waals surface area contributed by atoms with E-state index in [0.29, 0.717) is 16.7 Å². The van der Waals surface area contributed by atoms with Crippen LogP contribution in [-0.2, 0) is 9.53 Å². The van der Waals surface area contributed by atoms with E-state index in [1.165, 1.54) is 13.2 Å². The van der Waals surface area contributed by atoms with Crippen LogP contribution in [-0.4, -0.2) is 31.1 Å². The summed E-state index contributed by atoms with van der Waals surface area (Å²) in [4.78, 5) is 23.6. The molecule has 0 aromatic heterocycles. The summed E-state index contributed by atoms with van der Waals surface area (Å²) in [5, 5.41) is 11.1. The lowest BCUT2D eigenvalue weighted by atomic mass is 10.2. The number of anilines is 1. The van der Waals surface area contributed by atoms with Crippen LogP contribution in [0.4, 0.5) is 11.4 Å². The first-order valence-electron chi connectivity index (χ1n) is 5.75. The Labute approximate surface area is 119 Å². The summed E-state index contributed by atoms with van der Waals surface area (Å²) in [6.45, 7) is 2.47. The number of ether oxygens (including phenoxy) is 1. The third-order valence-corrected chi connectivity index (χ3v) is 3.01. The third-order valence-electron chi connectivity index (χ3n) is 2.52. The summed E-state index contributed by atoms with van der Waals surface area (Å²) in [5.74, 6) is -0.425. The lowest BCUT2D eigenvalue weighted by Gasteiger charge is -2.22. The van der Waals surface area contributed by atoms with Crippen molar-refractivity contribution in [1.29, 1.82) is 0 Å². The summed E-state index contributed by atoms with van der Waals surface area (Å²) < 4.78 is 5.24. The van der Waals surface area contributed by atoms with E-state index in [4.69, 9.17) is 0 Å². The number of rotatable bonds is 6. The van der Waals surface area contributed by atoms with Gasteiger partial charge in [-0.2, -0.15) is 0 Å². The zero-order valence-corrected chi connectivity index (χ0v) is 12.3. The zero-order valence-electron chi connectivity index (χ0n) is 10.8. The van der Waals surface area contributed by atoms with Gasteiger partial charge in [0.05, 0.1) is 12.0 Å². The van der Waals surface area contributed by atoms with Crippen LogP contribution in [0.15, 0.2) is 22.7 Å². The molecule has 104 valence electrons. The Hall–Kier alpha value is -1.63. The highest BCUT2D eigenvalue weighted by molar-refractivity contribution is 9.10. The maximum Gasteiger partial charge on any atom is 0.325 e. The van der Waals surface area contributed by atoms with E-state index in [1.807, 2.05) is 6.92 Å². The highest BCUT2D eigenvalue weighted by Gasteiger charge is 2.21. The van der Waals surface area contributed by atoms with Gasteiger partial charge in [-0.1, -0.05) is 22.9 Å². The number of hydrogen-bond acceptors (Lipinski definition) is 5. The molecule has 0 aliphatic rings. The molecular weight excluding hydrogens is 316 g/mol. The van der Waals surface area contributed by atoms with Crippen molar-refractivity contribution in [3.63, 3.8) is 0 Å². The van der Waals surface area contributed by atoms with Crippen LogP contribution in [0.3, 0.4) is 0 Å². The van der Waals surface area contributed by atoms with E-state index in [0.717, 1.165) is 6.42 Å². The molecule has 0 atom stereocenters. The highest BCUT2D eigenvalue weighted by Crippen LogP contribution is 2.31. The zero-order chi connectivity index (χ0) is 14.4. The number of carbonyl (C=O) groups excluding carboxylic acids is 1. The lowest BCUT2D eigenvalue weighted by Crippen LogP contribution is -2.31. The van der Waals surface area contributed by atoms with Gasteiger partial charge in [-0.3, -0.25) is 14.9 Å². The maximum absolute atomic E-state index is 11.4. The van der Waals surface area contributed by atoms with Gasteiger partial charge in [-0.25, -0.2) is 0 Å². The molecule has 0 saturated heterocycles. The molecule has 19 heavy (non-hydrogen) atoms. The van der Waals surface area contributed by atoms with Gasteiger partial charge in [0.25, 0.3) is 5.69 Å². The van der Waals surface area contributed by atoms with E-state index in [9.17, 15) is 14.9 Å². The van der Waals surface area contributed by atoms with E-state index < -0.39 is 10.9 Å². The second kappa shape index (κ2) is 7.08. The van der Waals surface area contributed by atoms with Crippen LogP contribution in [0.5, 0.6) is 0 Å². The number of esters is 1. The molecule has 0 aliphatic heterocycles. The first kappa shape index (κ1) is 15.4. The predicted molar refractivity (Wildman–Crippen MR) is 75.3 cm³/mol.